The second kappa shape index (κ2) is 6.49. The number of esters is 1. The van der Waals surface area contributed by atoms with E-state index in [-0.39, 0.29) is 12.4 Å². The Morgan fingerprint density at radius 1 is 1.29 bits per heavy atom. The lowest BCUT2D eigenvalue weighted by atomic mass is 9.95. The summed E-state index contributed by atoms with van der Waals surface area (Å²) in [5.74, 6) is -0.298. The Kier molecular flexibility index (Phi) is 4.90. The molecule has 0 bridgehead atoms. The van der Waals surface area contributed by atoms with Crippen molar-refractivity contribution < 1.29 is 22.7 Å². The number of carbonyl (C=O) groups is 1. The minimum atomic E-state index is -4.39. The molecular weight excluding hydrogens is 285 g/mol. The van der Waals surface area contributed by atoms with Crippen LogP contribution in [0.15, 0.2) is 0 Å². The lowest BCUT2D eigenvalue weighted by Crippen LogP contribution is -2.11. The quantitative estimate of drug-likeness (QED) is 0.620. The third-order valence-corrected chi connectivity index (χ3v) is 3.75. The summed E-state index contributed by atoms with van der Waals surface area (Å²) in [6, 6.07) is 0. The average Bonchev–Trinajstić information content (AvgIpc) is 2.82. The van der Waals surface area contributed by atoms with Crippen LogP contribution in [-0.4, -0.2) is 22.9 Å². The van der Waals surface area contributed by atoms with Crippen LogP contribution in [0.1, 0.15) is 49.1 Å². The molecule has 0 aliphatic heterocycles. The van der Waals surface area contributed by atoms with E-state index < -0.39 is 11.9 Å². The normalized spacial score (nSPS) is 14.9. The van der Waals surface area contributed by atoms with Gasteiger partial charge in [0, 0.05) is 24.2 Å². The molecule has 21 heavy (non-hydrogen) atoms. The molecule has 0 atom stereocenters. The lowest BCUT2D eigenvalue weighted by Gasteiger charge is -2.14. The summed E-state index contributed by atoms with van der Waals surface area (Å²) in [7, 11) is 1.32. The summed E-state index contributed by atoms with van der Waals surface area (Å²) in [6.07, 6.45) is -0.127. The van der Waals surface area contributed by atoms with Crippen LogP contribution in [0.4, 0.5) is 13.2 Å². The highest BCUT2D eigenvalue weighted by molar-refractivity contribution is 5.68. The van der Waals surface area contributed by atoms with Crippen LogP contribution >= 0.6 is 0 Å². The summed E-state index contributed by atoms with van der Waals surface area (Å²) in [5, 5.41) is 3.78. The number of methoxy groups -OCH3 is 1. The van der Waals surface area contributed by atoms with Crippen LogP contribution in [0.25, 0.3) is 0 Å². The van der Waals surface area contributed by atoms with Crippen LogP contribution in [-0.2, 0) is 35.1 Å². The summed E-state index contributed by atoms with van der Waals surface area (Å²) in [4.78, 5) is 11.0. The first-order valence-electron chi connectivity index (χ1n) is 7.16. The monoisotopic (exact) mass is 304 g/mol. The van der Waals surface area contributed by atoms with Crippen LogP contribution < -0.4 is 0 Å². The van der Waals surface area contributed by atoms with Crippen LogP contribution in [0.3, 0.4) is 0 Å². The van der Waals surface area contributed by atoms with Gasteiger partial charge in [-0.25, -0.2) is 0 Å². The fraction of sp³-hybridized carbons (Fsp3) is 0.714. The smallest absolute Gasteiger partial charge is 0.435 e. The van der Waals surface area contributed by atoms with Gasteiger partial charge in [-0.15, -0.1) is 0 Å². The molecule has 0 unspecified atom stereocenters. The van der Waals surface area contributed by atoms with Crippen molar-refractivity contribution in [2.24, 2.45) is 0 Å². The Morgan fingerprint density at radius 2 is 2.00 bits per heavy atom. The van der Waals surface area contributed by atoms with E-state index in [9.17, 15) is 18.0 Å². The highest BCUT2D eigenvalue weighted by atomic mass is 19.4. The zero-order chi connectivity index (χ0) is 15.5. The summed E-state index contributed by atoms with van der Waals surface area (Å²) in [5.41, 5.74) is 0.346. The predicted octanol–water partition coefficient (Wildman–Crippen LogP) is 3.12. The summed E-state index contributed by atoms with van der Waals surface area (Å²) in [6.45, 7) is 0.412. The van der Waals surface area contributed by atoms with Gasteiger partial charge in [-0.3, -0.25) is 9.48 Å². The van der Waals surface area contributed by atoms with Crippen molar-refractivity contribution in [2.75, 3.05) is 7.11 Å². The number of unbranched alkanes of at least 4 members (excludes halogenated alkanes) is 1. The maximum Gasteiger partial charge on any atom is 0.435 e. The van der Waals surface area contributed by atoms with Gasteiger partial charge in [0.1, 0.15) is 0 Å². The van der Waals surface area contributed by atoms with Gasteiger partial charge in [-0.2, -0.15) is 18.3 Å². The summed E-state index contributed by atoms with van der Waals surface area (Å²) >= 11 is 0. The maximum atomic E-state index is 13.0. The molecule has 7 heteroatoms. The van der Waals surface area contributed by atoms with Gasteiger partial charge < -0.3 is 4.74 Å². The molecule has 0 fully saturated rings. The number of carbonyl (C=O) groups excluding carboxylic acids is 1. The zero-order valence-corrected chi connectivity index (χ0v) is 12.0. The van der Waals surface area contributed by atoms with Crippen molar-refractivity contribution in [3.8, 4) is 0 Å². The Bertz CT molecular complexity index is 509. The number of hydrogen-bond donors (Lipinski definition) is 0. The number of nitrogens with zero attached hydrogens (tertiary/aromatic N) is 2. The first-order chi connectivity index (χ1) is 9.93. The van der Waals surface area contributed by atoms with Crippen molar-refractivity contribution >= 4 is 5.97 Å². The van der Waals surface area contributed by atoms with Crippen molar-refractivity contribution in [3.05, 3.63) is 17.0 Å². The van der Waals surface area contributed by atoms with E-state index >= 15 is 0 Å². The van der Waals surface area contributed by atoms with Gasteiger partial charge >= 0.3 is 12.1 Å². The lowest BCUT2D eigenvalue weighted by molar-refractivity contribution is -0.142. The van der Waals surface area contributed by atoms with Crippen LogP contribution in [0.2, 0.25) is 0 Å². The molecule has 0 N–H and O–H groups in total. The van der Waals surface area contributed by atoms with Gasteiger partial charge in [0.05, 0.1) is 7.11 Å². The molecule has 0 saturated carbocycles. The van der Waals surface area contributed by atoms with Crippen LogP contribution in [0.5, 0.6) is 0 Å². The van der Waals surface area contributed by atoms with Gasteiger partial charge in [0.2, 0.25) is 0 Å². The highest BCUT2D eigenvalue weighted by Gasteiger charge is 2.39. The highest BCUT2D eigenvalue weighted by Crippen LogP contribution is 2.35. The number of halogens is 3. The number of rotatable bonds is 5. The molecule has 1 heterocycles. The van der Waals surface area contributed by atoms with E-state index in [4.69, 9.17) is 0 Å². The van der Waals surface area contributed by atoms with Crippen molar-refractivity contribution in [1.29, 1.82) is 0 Å². The Hall–Kier alpha value is -1.53. The largest absolute Gasteiger partial charge is 0.469 e. The number of ether oxygens (including phenoxy) is 1. The van der Waals surface area contributed by atoms with E-state index in [0.29, 0.717) is 43.5 Å². The van der Waals surface area contributed by atoms with E-state index in [1.807, 2.05) is 0 Å². The standard InChI is InChI=1S/C14H19F3N2O2/c1-21-12(20)8-4-5-9-19-11-7-3-2-6-10(11)13(18-19)14(15,16)17/h2-9H2,1H3. The topological polar surface area (TPSA) is 44.1 Å². The SMILES string of the molecule is COC(=O)CCCCn1nc(C(F)(F)F)c2c1CCCC2. The van der Waals surface area contributed by atoms with Gasteiger partial charge in [0.15, 0.2) is 5.69 Å². The number of alkyl halides is 3. The molecule has 0 saturated heterocycles. The second-order valence-electron chi connectivity index (χ2n) is 5.24. The Morgan fingerprint density at radius 3 is 2.67 bits per heavy atom. The first-order valence-corrected chi connectivity index (χ1v) is 7.16. The minimum Gasteiger partial charge on any atom is -0.469 e. The fourth-order valence-corrected chi connectivity index (χ4v) is 2.72. The molecule has 0 spiro atoms. The molecule has 0 radical (unpaired) electrons. The Balaban J connectivity index is 2.06. The molecule has 0 aromatic carbocycles. The molecule has 1 aliphatic rings. The number of aromatic nitrogens is 2. The van der Waals surface area contributed by atoms with Gasteiger partial charge in [-0.05, 0) is 38.5 Å². The van der Waals surface area contributed by atoms with E-state index in [1.54, 1.807) is 0 Å². The predicted molar refractivity (Wildman–Crippen MR) is 69.7 cm³/mol. The number of fused-ring (bicyclic) bond motifs is 1. The second-order valence-corrected chi connectivity index (χ2v) is 5.24. The molecule has 1 aliphatic carbocycles. The van der Waals surface area contributed by atoms with E-state index in [2.05, 4.69) is 9.84 Å². The van der Waals surface area contributed by atoms with Crippen molar-refractivity contribution in [1.82, 2.24) is 9.78 Å². The molecule has 1 aromatic rings. The molecule has 1 aromatic heterocycles. The number of aryl methyl sites for hydroxylation is 1. The van der Waals surface area contributed by atoms with E-state index in [0.717, 1.165) is 12.8 Å². The molecule has 0 amide bonds. The first kappa shape index (κ1) is 15.9. The minimum absolute atomic E-state index is 0.284. The Labute approximate surface area is 121 Å². The molecular formula is C14H19F3N2O2. The molecule has 118 valence electrons. The van der Waals surface area contributed by atoms with Gasteiger partial charge in [0.25, 0.3) is 0 Å². The molecule has 2 rings (SSSR count). The van der Waals surface area contributed by atoms with Gasteiger partial charge in [-0.1, -0.05) is 0 Å². The van der Waals surface area contributed by atoms with Crippen LogP contribution in [0, 0.1) is 0 Å². The zero-order valence-electron chi connectivity index (χ0n) is 12.0. The maximum absolute atomic E-state index is 13.0. The number of hydrogen-bond acceptors (Lipinski definition) is 3. The van der Waals surface area contributed by atoms with Crippen molar-refractivity contribution in [3.63, 3.8) is 0 Å². The van der Waals surface area contributed by atoms with Crippen molar-refractivity contribution in [2.45, 2.75) is 57.7 Å². The van der Waals surface area contributed by atoms with E-state index in [1.165, 1.54) is 11.8 Å². The third kappa shape index (κ3) is 3.77. The average molecular weight is 304 g/mol. The molecule has 4 nitrogen and oxygen atoms in total. The fourth-order valence-electron chi connectivity index (χ4n) is 2.72. The third-order valence-electron chi connectivity index (χ3n) is 3.75. The summed E-state index contributed by atoms with van der Waals surface area (Å²) < 4.78 is 45.0.